The first-order valence-corrected chi connectivity index (χ1v) is 7.16. The highest BCUT2D eigenvalue weighted by atomic mass is 15.2. The summed E-state index contributed by atoms with van der Waals surface area (Å²) in [4.78, 5) is 2.50. The molecule has 0 bridgehead atoms. The first-order valence-electron chi connectivity index (χ1n) is 7.16. The molecular weight excluding hydrogens is 248 g/mol. The van der Waals surface area contributed by atoms with E-state index in [1.165, 1.54) is 12.0 Å². The van der Waals surface area contributed by atoms with Gasteiger partial charge in [0.25, 0.3) is 0 Å². The van der Waals surface area contributed by atoms with E-state index in [0.717, 1.165) is 31.9 Å². The van der Waals surface area contributed by atoms with E-state index in [4.69, 9.17) is 0 Å². The topological polar surface area (TPSA) is 41.0 Å². The summed E-state index contributed by atoms with van der Waals surface area (Å²) in [6.07, 6.45) is 2.91. The normalized spacial score (nSPS) is 19.3. The van der Waals surface area contributed by atoms with Gasteiger partial charge >= 0.3 is 0 Å². The molecule has 1 aromatic heterocycles. The molecule has 1 atom stereocenters. The molecule has 0 amide bonds. The maximum Gasteiger partial charge on any atom is 0.0769 e. The number of nitrogens with one attached hydrogen (secondary N) is 1. The van der Waals surface area contributed by atoms with Crippen LogP contribution in [0.4, 0.5) is 0 Å². The molecule has 2 heterocycles. The summed E-state index contributed by atoms with van der Waals surface area (Å²) >= 11 is 0. The molecule has 0 saturated carbocycles. The van der Waals surface area contributed by atoms with Crippen molar-refractivity contribution < 1.29 is 0 Å². The number of hydrogen-bond acceptors (Lipinski definition) is 4. The molecule has 4 nitrogen and oxygen atoms in total. The van der Waals surface area contributed by atoms with Crippen molar-refractivity contribution in [2.75, 3.05) is 13.1 Å². The SMILES string of the molecule is c1ccc(CN2CCC(NCc3cccnn3)C2)cc1. The molecule has 0 aliphatic carbocycles. The van der Waals surface area contributed by atoms with Crippen molar-refractivity contribution >= 4 is 0 Å². The second-order valence-electron chi connectivity index (χ2n) is 5.30. The number of nitrogens with zero attached hydrogens (tertiary/aromatic N) is 3. The van der Waals surface area contributed by atoms with Crippen LogP contribution in [-0.2, 0) is 13.1 Å². The van der Waals surface area contributed by atoms with Gasteiger partial charge in [-0.1, -0.05) is 30.3 Å². The minimum absolute atomic E-state index is 0.556. The summed E-state index contributed by atoms with van der Waals surface area (Å²) < 4.78 is 0. The molecular formula is C16H20N4. The van der Waals surface area contributed by atoms with Gasteiger partial charge in [-0.2, -0.15) is 10.2 Å². The van der Waals surface area contributed by atoms with Crippen molar-refractivity contribution in [3.8, 4) is 0 Å². The fraction of sp³-hybridized carbons (Fsp3) is 0.375. The zero-order valence-corrected chi connectivity index (χ0v) is 11.6. The number of likely N-dealkylation sites (tertiary alicyclic amines) is 1. The van der Waals surface area contributed by atoms with Crippen LogP contribution < -0.4 is 5.32 Å². The molecule has 1 aromatic carbocycles. The quantitative estimate of drug-likeness (QED) is 0.898. The molecule has 0 radical (unpaired) electrons. The van der Waals surface area contributed by atoms with Crippen molar-refractivity contribution in [2.45, 2.75) is 25.6 Å². The van der Waals surface area contributed by atoms with Crippen molar-refractivity contribution in [3.05, 3.63) is 59.9 Å². The van der Waals surface area contributed by atoms with Crippen LogP contribution in [0.15, 0.2) is 48.7 Å². The fourth-order valence-corrected chi connectivity index (χ4v) is 2.66. The van der Waals surface area contributed by atoms with Gasteiger partial charge in [-0.15, -0.1) is 0 Å². The van der Waals surface area contributed by atoms with Gasteiger partial charge < -0.3 is 5.32 Å². The van der Waals surface area contributed by atoms with E-state index in [-0.39, 0.29) is 0 Å². The van der Waals surface area contributed by atoms with Crippen molar-refractivity contribution in [2.24, 2.45) is 0 Å². The van der Waals surface area contributed by atoms with Crippen LogP contribution in [0.1, 0.15) is 17.7 Å². The number of rotatable bonds is 5. The molecule has 1 fully saturated rings. The third-order valence-corrected chi connectivity index (χ3v) is 3.72. The lowest BCUT2D eigenvalue weighted by atomic mass is 10.2. The predicted molar refractivity (Wildman–Crippen MR) is 79.0 cm³/mol. The molecule has 4 heteroatoms. The summed E-state index contributed by atoms with van der Waals surface area (Å²) in [7, 11) is 0. The van der Waals surface area contributed by atoms with Crippen LogP contribution in [-0.4, -0.2) is 34.2 Å². The van der Waals surface area contributed by atoms with E-state index in [1.807, 2.05) is 12.1 Å². The largest absolute Gasteiger partial charge is 0.307 e. The lowest BCUT2D eigenvalue weighted by Crippen LogP contribution is -2.32. The second kappa shape index (κ2) is 6.59. The molecule has 2 aromatic rings. The predicted octanol–water partition coefficient (Wildman–Crippen LogP) is 1.84. The highest BCUT2D eigenvalue weighted by molar-refractivity contribution is 5.14. The zero-order chi connectivity index (χ0) is 13.6. The van der Waals surface area contributed by atoms with Crippen molar-refractivity contribution in [1.29, 1.82) is 0 Å². The van der Waals surface area contributed by atoms with Crippen LogP contribution in [0.3, 0.4) is 0 Å². The zero-order valence-electron chi connectivity index (χ0n) is 11.6. The third-order valence-electron chi connectivity index (χ3n) is 3.72. The van der Waals surface area contributed by atoms with Crippen LogP contribution in [0.2, 0.25) is 0 Å². The lowest BCUT2D eigenvalue weighted by molar-refractivity contribution is 0.319. The summed E-state index contributed by atoms with van der Waals surface area (Å²) in [6, 6.07) is 15.2. The Labute approximate surface area is 119 Å². The molecule has 1 aliphatic rings. The Hall–Kier alpha value is -1.78. The summed E-state index contributed by atoms with van der Waals surface area (Å²) in [6.45, 7) is 4.12. The Morgan fingerprint density at radius 2 is 2.05 bits per heavy atom. The molecule has 1 N–H and O–H groups in total. The number of aromatic nitrogens is 2. The Kier molecular flexibility index (Phi) is 4.35. The van der Waals surface area contributed by atoms with Gasteiger partial charge in [0.1, 0.15) is 0 Å². The summed E-state index contributed by atoms with van der Waals surface area (Å²) in [5.74, 6) is 0. The van der Waals surface area contributed by atoms with Crippen LogP contribution in [0.5, 0.6) is 0 Å². The molecule has 20 heavy (non-hydrogen) atoms. The minimum atomic E-state index is 0.556. The van der Waals surface area contributed by atoms with E-state index >= 15 is 0 Å². The van der Waals surface area contributed by atoms with E-state index in [1.54, 1.807) is 6.20 Å². The van der Waals surface area contributed by atoms with Gasteiger partial charge in [-0.05, 0) is 24.1 Å². The van der Waals surface area contributed by atoms with Crippen LogP contribution in [0.25, 0.3) is 0 Å². The monoisotopic (exact) mass is 268 g/mol. The Morgan fingerprint density at radius 3 is 2.85 bits per heavy atom. The molecule has 1 unspecified atom stereocenters. The van der Waals surface area contributed by atoms with Gasteiger partial charge in [-0.25, -0.2) is 0 Å². The van der Waals surface area contributed by atoms with Gasteiger partial charge in [0.05, 0.1) is 5.69 Å². The van der Waals surface area contributed by atoms with E-state index in [9.17, 15) is 0 Å². The van der Waals surface area contributed by atoms with Gasteiger partial charge in [0.15, 0.2) is 0 Å². The molecule has 0 spiro atoms. The van der Waals surface area contributed by atoms with E-state index < -0.39 is 0 Å². The maximum atomic E-state index is 4.10. The van der Waals surface area contributed by atoms with E-state index in [0.29, 0.717) is 6.04 Å². The first kappa shape index (κ1) is 13.2. The average Bonchev–Trinajstić information content (AvgIpc) is 2.95. The van der Waals surface area contributed by atoms with Crippen molar-refractivity contribution in [1.82, 2.24) is 20.4 Å². The Morgan fingerprint density at radius 1 is 1.15 bits per heavy atom. The van der Waals surface area contributed by atoms with Gasteiger partial charge in [-0.3, -0.25) is 4.90 Å². The van der Waals surface area contributed by atoms with Crippen molar-refractivity contribution in [3.63, 3.8) is 0 Å². The average molecular weight is 268 g/mol. The number of benzene rings is 1. The second-order valence-corrected chi connectivity index (χ2v) is 5.30. The summed E-state index contributed by atoms with van der Waals surface area (Å²) in [5.41, 5.74) is 2.40. The first-order chi connectivity index (χ1) is 9.90. The van der Waals surface area contributed by atoms with E-state index in [2.05, 4.69) is 50.7 Å². The van der Waals surface area contributed by atoms with Crippen LogP contribution >= 0.6 is 0 Å². The highest BCUT2D eigenvalue weighted by Crippen LogP contribution is 2.13. The standard InChI is InChI=1S/C16H20N4/c1-2-5-14(6-3-1)12-20-10-8-16(13-20)17-11-15-7-4-9-18-19-15/h1-7,9,16-17H,8,10-13H2. The van der Waals surface area contributed by atoms with Crippen LogP contribution in [0, 0.1) is 0 Å². The molecule has 1 aliphatic heterocycles. The minimum Gasteiger partial charge on any atom is -0.307 e. The Balaban J connectivity index is 1.45. The molecule has 1 saturated heterocycles. The highest BCUT2D eigenvalue weighted by Gasteiger charge is 2.21. The maximum absolute atomic E-state index is 4.10. The Bertz CT molecular complexity index is 515. The van der Waals surface area contributed by atoms with Gasteiger partial charge in [0.2, 0.25) is 0 Å². The number of hydrogen-bond donors (Lipinski definition) is 1. The lowest BCUT2D eigenvalue weighted by Gasteiger charge is -2.16. The third kappa shape index (κ3) is 3.62. The smallest absolute Gasteiger partial charge is 0.0769 e. The molecule has 3 rings (SSSR count). The fourth-order valence-electron chi connectivity index (χ4n) is 2.66. The van der Waals surface area contributed by atoms with Gasteiger partial charge in [0, 0.05) is 38.4 Å². The molecule has 104 valence electrons. The summed E-state index contributed by atoms with van der Waals surface area (Å²) in [5, 5.41) is 11.6.